The van der Waals surface area contributed by atoms with Crippen LogP contribution in [-0.4, -0.2) is 27.5 Å². The Balaban J connectivity index is 2.08. The molecule has 1 aliphatic carbocycles. The summed E-state index contributed by atoms with van der Waals surface area (Å²) in [6.07, 6.45) is 5.41. The largest absolute Gasteiger partial charge is 0.394 e. The van der Waals surface area contributed by atoms with Gasteiger partial charge in [0.15, 0.2) is 0 Å². The Morgan fingerprint density at radius 3 is 3.00 bits per heavy atom. The Labute approximate surface area is 114 Å². The van der Waals surface area contributed by atoms with Gasteiger partial charge < -0.3 is 10.4 Å². The fourth-order valence-corrected chi connectivity index (χ4v) is 2.42. The molecule has 100 valence electrons. The molecule has 1 fully saturated rings. The van der Waals surface area contributed by atoms with E-state index in [1.54, 1.807) is 6.20 Å². The standard InChI is InChI=1S/C12H18BrN3O2/c1-8(6-9-2-3-9)15-10-7-14-16(4-5-17)12(18)11(10)13/h7-9,15,17H,2-6H2,1H3. The number of aliphatic hydroxyl groups is 1. The van der Waals surface area contributed by atoms with Crippen molar-refractivity contribution in [1.82, 2.24) is 9.78 Å². The van der Waals surface area contributed by atoms with Gasteiger partial charge >= 0.3 is 0 Å². The summed E-state index contributed by atoms with van der Waals surface area (Å²) in [5.74, 6) is 0.842. The van der Waals surface area contributed by atoms with Crippen LogP contribution in [0, 0.1) is 5.92 Å². The van der Waals surface area contributed by atoms with Gasteiger partial charge in [-0.3, -0.25) is 4.79 Å². The van der Waals surface area contributed by atoms with Crippen LogP contribution in [0.1, 0.15) is 26.2 Å². The topological polar surface area (TPSA) is 67.2 Å². The highest BCUT2D eigenvalue weighted by Gasteiger charge is 2.24. The molecule has 18 heavy (non-hydrogen) atoms. The first-order valence-corrected chi connectivity index (χ1v) is 7.04. The molecule has 1 atom stereocenters. The van der Waals surface area contributed by atoms with E-state index in [0.717, 1.165) is 18.0 Å². The predicted octanol–water partition coefficient (Wildman–Crippen LogP) is 1.60. The maximum Gasteiger partial charge on any atom is 0.283 e. The van der Waals surface area contributed by atoms with E-state index in [4.69, 9.17) is 5.11 Å². The Morgan fingerprint density at radius 2 is 2.39 bits per heavy atom. The van der Waals surface area contributed by atoms with Crippen LogP contribution >= 0.6 is 15.9 Å². The molecular formula is C12H18BrN3O2. The van der Waals surface area contributed by atoms with Crippen LogP contribution in [0.25, 0.3) is 0 Å². The molecule has 0 radical (unpaired) electrons. The minimum atomic E-state index is -0.215. The van der Waals surface area contributed by atoms with E-state index in [1.165, 1.54) is 17.5 Å². The lowest BCUT2D eigenvalue weighted by molar-refractivity contribution is 0.266. The summed E-state index contributed by atoms with van der Waals surface area (Å²) in [7, 11) is 0. The SMILES string of the molecule is CC(CC1CC1)Nc1cnn(CCO)c(=O)c1Br. The van der Waals surface area contributed by atoms with E-state index in [-0.39, 0.29) is 18.7 Å². The van der Waals surface area contributed by atoms with E-state index in [2.05, 4.69) is 33.3 Å². The summed E-state index contributed by atoms with van der Waals surface area (Å²) >= 11 is 3.29. The highest BCUT2D eigenvalue weighted by atomic mass is 79.9. The lowest BCUT2D eigenvalue weighted by Gasteiger charge is -2.16. The van der Waals surface area contributed by atoms with E-state index in [0.29, 0.717) is 10.5 Å². The molecular weight excluding hydrogens is 298 g/mol. The van der Waals surface area contributed by atoms with Crippen LogP contribution in [-0.2, 0) is 6.54 Å². The average molecular weight is 316 g/mol. The number of nitrogens with one attached hydrogen (secondary N) is 1. The fraction of sp³-hybridized carbons (Fsp3) is 0.667. The molecule has 0 aromatic carbocycles. The number of hydrogen-bond acceptors (Lipinski definition) is 4. The molecule has 1 heterocycles. The van der Waals surface area contributed by atoms with Crippen LogP contribution in [0.2, 0.25) is 0 Å². The zero-order valence-electron chi connectivity index (χ0n) is 10.4. The smallest absolute Gasteiger partial charge is 0.283 e. The van der Waals surface area contributed by atoms with Crippen LogP contribution in [0.5, 0.6) is 0 Å². The third kappa shape index (κ3) is 3.32. The summed E-state index contributed by atoms with van der Waals surface area (Å²) in [5.41, 5.74) is 0.509. The lowest BCUT2D eigenvalue weighted by atomic mass is 10.1. The average Bonchev–Trinajstić information content (AvgIpc) is 3.13. The Hall–Kier alpha value is -0.880. The number of rotatable bonds is 6. The van der Waals surface area contributed by atoms with Crippen LogP contribution in [0.3, 0.4) is 0 Å². The van der Waals surface area contributed by atoms with Crippen LogP contribution in [0.4, 0.5) is 5.69 Å². The van der Waals surface area contributed by atoms with Gasteiger partial charge in [0.1, 0.15) is 4.47 Å². The predicted molar refractivity (Wildman–Crippen MR) is 73.7 cm³/mol. The third-order valence-electron chi connectivity index (χ3n) is 3.08. The molecule has 0 saturated heterocycles. The molecule has 6 heteroatoms. The maximum absolute atomic E-state index is 11.9. The van der Waals surface area contributed by atoms with Crippen molar-refractivity contribution in [3.63, 3.8) is 0 Å². The van der Waals surface area contributed by atoms with Crippen molar-refractivity contribution < 1.29 is 5.11 Å². The monoisotopic (exact) mass is 315 g/mol. The maximum atomic E-state index is 11.9. The molecule has 1 unspecified atom stereocenters. The molecule has 0 bridgehead atoms. The zero-order chi connectivity index (χ0) is 13.1. The number of anilines is 1. The summed E-state index contributed by atoms with van der Waals surface area (Å²) in [5, 5.41) is 16.2. The van der Waals surface area contributed by atoms with Crippen molar-refractivity contribution >= 4 is 21.6 Å². The van der Waals surface area contributed by atoms with Gasteiger partial charge in [0, 0.05) is 6.04 Å². The molecule has 0 aliphatic heterocycles. The van der Waals surface area contributed by atoms with Gasteiger partial charge in [-0.05, 0) is 35.2 Å². The highest BCUT2D eigenvalue weighted by molar-refractivity contribution is 9.10. The van der Waals surface area contributed by atoms with Gasteiger partial charge in [0.05, 0.1) is 25.0 Å². The van der Waals surface area contributed by atoms with Gasteiger partial charge in [-0.25, -0.2) is 4.68 Å². The summed E-state index contributed by atoms with van der Waals surface area (Å²) in [6.45, 7) is 2.24. The molecule has 0 amide bonds. The number of aliphatic hydroxyl groups excluding tert-OH is 1. The van der Waals surface area contributed by atoms with Gasteiger partial charge in [-0.1, -0.05) is 12.8 Å². The molecule has 2 N–H and O–H groups in total. The zero-order valence-corrected chi connectivity index (χ0v) is 12.0. The van der Waals surface area contributed by atoms with E-state index >= 15 is 0 Å². The molecule has 1 aromatic heterocycles. The molecule has 5 nitrogen and oxygen atoms in total. The first kappa shape index (κ1) is 13.5. The second kappa shape index (κ2) is 5.84. The minimum absolute atomic E-state index is 0.0931. The van der Waals surface area contributed by atoms with Gasteiger partial charge in [0.25, 0.3) is 5.56 Å². The quantitative estimate of drug-likeness (QED) is 0.836. The van der Waals surface area contributed by atoms with E-state index < -0.39 is 0 Å². The molecule has 2 rings (SSSR count). The van der Waals surface area contributed by atoms with Crippen molar-refractivity contribution in [2.24, 2.45) is 5.92 Å². The number of nitrogens with zero attached hydrogens (tertiary/aromatic N) is 2. The van der Waals surface area contributed by atoms with Gasteiger partial charge in [0.2, 0.25) is 0 Å². The Kier molecular flexibility index (Phi) is 4.40. The molecule has 1 aromatic rings. The number of hydrogen-bond donors (Lipinski definition) is 2. The second-order valence-corrected chi connectivity index (χ2v) is 5.64. The van der Waals surface area contributed by atoms with Crippen LogP contribution in [0.15, 0.2) is 15.5 Å². The van der Waals surface area contributed by atoms with Crippen molar-refractivity contribution in [2.45, 2.75) is 38.8 Å². The lowest BCUT2D eigenvalue weighted by Crippen LogP contribution is -2.27. The molecule has 0 spiro atoms. The second-order valence-electron chi connectivity index (χ2n) is 4.85. The van der Waals surface area contributed by atoms with Crippen LogP contribution < -0.4 is 10.9 Å². The molecule has 1 saturated carbocycles. The highest BCUT2D eigenvalue weighted by Crippen LogP contribution is 2.34. The first-order chi connectivity index (χ1) is 8.61. The van der Waals surface area contributed by atoms with Gasteiger partial charge in [-0.2, -0.15) is 5.10 Å². The summed E-state index contributed by atoms with van der Waals surface area (Å²) in [6, 6.07) is 0.337. The Bertz CT molecular complexity index is 471. The van der Waals surface area contributed by atoms with Gasteiger partial charge in [-0.15, -0.1) is 0 Å². The van der Waals surface area contributed by atoms with E-state index in [1.807, 2.05) is 0 Å². The number of halogens is 1. The fourth-order valence-electron chi connectivity index (χ4n) is 2.00. The Morgan fingerprint density at radius 1 is 1.67 bits per heavy atom. The van der Waals surface area contributed by atoms with Crippen molar-refractivity contribution in [3.05, 3.63) is 21.0 Å². The normalized spacial score (nSPS) is 16.6. The van der Waals surface area contributed by atoms with Crippen molar-refractivity contribution in [1.29, 1.82) is 0 Å². The number of aromatic nitrogens is 2. The van der Waals surface area contributed by atoms with E-state index in [9.17, 15) is 4.79 Å². The summed E-state index contributed by atoms with van der Waals surface area (Å²) < 4.78 is 1.73. The first-order valence-electron chi connectivity index (χ1n) is 6.25. The molecule has 1 aliphatic rings. The van der Waals surface area contributed by atoms with Crippen molar-refractivity contribution in [2.75, 3.05) is 11.9 Å². The third-order valence-corrected chi connectivity index (χ3v) is 3.85. The summed E-state index contributed by atoms with van der Waals surface area (Å²) in [4.78, 5) is 11.9. The minimum Gasteiger partial charge on any atom is -0.394 e. The van der Waals surface area contributed by atoms with Crippen molar-refractivity contribution in [3.8, 4) is 0 Å².